The van der Waals surface area contributed by atoms with Gasteiger partial charge in [-0.05, 0) is 37.5 Å². The average molecular weight is 406 g/mol. The van der Waals surface area contributed by atoms with Crippen LogP contribution in [0.2, 0.25) is 0 Å². The predicted molar refractivity (Wildman–Crippen MR) is 116 cm³/mol. The molecule has 0 bridgehead atoms. The quantitative estimate of drug-likeness (QED) is 0.773. The standard InChI is InChI=1S/C23H26N4O3/c1-15-11-16(2)22(17(3)12-15)25-20(28)13-24-23(30)19-9-10-21(29)27(26-19)14-18-7-5-4-6-8-18/h4-8,11-12H,9-10,13-14H2,1-3H3,(H,24,30)(H,25,28). The number of carbonyl (C=O) groups is 3. The highest BCUT2D eigenvalue weighted by Gasteiger charge is 2.24. The Hall–Kier alpha value is -3.48. The maximum absolute atomic E-state index is 12.5. The van der Waals surface area contributed by atoms with Crippen molar-refractivity contribution in [1.29, 1.82) is 0 Å². The van der Waals surface area contributed by atoms with Gasteiger partial charge in [0.1, 0.15) is 5.71 Å². The molecule has 1 heterocycles. The summed E-state index contributed by atoms with van der Waals surface area (Å²) in [5.74, 6) is -0.876. The molecule has 0 spiro atoms. The van der Waals surface area contributed by atoms with E-state index in [0.29, 0.717) is 6.54 Å². The molecule has 0 aromatic heterocycles. The van der Waals surface area contributed by atoms with Crippen LogP contribution < -0.4 is 10.6 Å². The topological polar surface area (TPSA) is 90.9 Å². The smallest absolute Gasteiger partial charge is 0.267 e. The van der Waals surface area contributed by atoms with Crippen LogP contribution in [0.1, 0.15) is 35.1 Å². The van der Waals surface area contributed by atoms with Crippen LogP contribution in [0, 0.1) is 20.8 Å². The van der Waals surface area contributed by atoms with Gasteiger partial charge in [0.25, 0.3) is 5.91 Å². The van der Waals surface area contributed by atoms with Gasteiger partial charge in [0.2, 0.25) is 11.8 Å². The number of hydrazone groups is 1. The predicted octanol–water partition coefficient (Wildman–Crippen LogP) is 2.85. The van der Waals surface area contributed by atoms with E-state index >= 15 is 0 Å². The summed E-state index contributed by atoms with van der Waals surface area (Å²) in [6.07, 6.45) is 0.473. The summed E-state index contributed by atoms with van der Waals surface area (Å²) in [4.78, 5) is 36.9. The Kier molecular flexibility index (Phi) is 6.61. The van der Waals surface area contributed by atoms with Gasteiger partial charge >= 0.3 is 0 Å². The van der Waals surface area contributed by atoms with Crippen molar-refractivity contribution in [2.75, 3.05) is 11.9 Å². The minimum absolute atomic E-state index is 0.126. The summed E-state index contributed by atoms with van der Waals surface area (Å²) in [5.41, 5.74) is 5.01. The van der Waals surface area contributed by atoms with Gasteiger partial charge in [0, 0.05) is 18.5 Å². The molecule has 0 atom stereocenters. The van der Waals surface area contributed by atoms with Crippen molar-refractivity contribution < 1.29 is 14.4 Å². The second-order valence-electron chi connectivity index (χ2n) is 7.49. The second-order valence-corrected chi connectivity index (χ2v) is 7.49. The lowest BCUT2D eigenvalue weighted by Crippen LogP contribution is -2.41. The summed E-state index contributed by atoms with van der Waals surface area (Å²) in [6, 6.07) is 13.5. The SMILES string of the molecule is Cc1cc(C)c(NC(=O)CNC(=O)C2=NN(Cc3ccccc3)C(=O)CC2)c(C)c1. The molecular weight excluding hydrogens is 380 g/mol. The van der Waals surface area contributed by atoms with E-state index in [4.69, 9.17) is 0 Å². The Morgan fingerprint density at radius 3 is 2.37 bits per heavy atom. The number of hydrogen-bond donors (Lipinski definition) is 2. The molecule has 0 saturated heterocycles. The van der Waals surface area contributed by atoms with E-state index in [1.54, 1.807) is 0 Å². The number of hydrogen-bond acceptors (Lipinski definition) is 4. The Bertz CT molecular complexity index is 976. The molecule has 0 saturated carbocycles. The lowest BCUT2D eigenvalue weighted by atomic mass is 10.1. The molecule has 2 aromatic rings. The molecule has 3 amide bonds. The second kappa shape index (κ2) is 9.35. The van der Waals surface area contributed by atoms with Crippen molar-refractivity contribution >= 4 is 29.1 Å². The minimum atomic E-state index is -0.437. The van der Waals surface area contributed by atoms with Crippen LogP contribution in [-0.2, 0) is 20.9 Å². The van der Waals surface area contributed by atoms with Gasteiger partial charge in [-0.1, -0.05) is 48.0 Å². The molecule has 7 nitrogen and oxygen atoms in total. The monoisotopic (exact) mass is 406 g/mol. The first-order valence-electron chi connectivity index (χ1n) is 9.91. The minimum Gasteiger partial charge on any atom is -0.342 e. The number of amides is 3. The van der Waals surface area contributed by atoms with E-state index in [-0.39, 0.29) is 36.9 Å². The highest BCUT2D eigenvalue weighted by atomic mass is 16.2. The molecular formula is C23H26N4O3. The van der Waals surface area contributed by atoms with Crippen LogP contribution in [0.5, 0.6) is 0 Å². The van der Waals surface area contributed by atoms with Crippen LogP contribution in [0.4, 0.5) is 5.69 Å². The van der Waals surface area contributed by atoms with E-state index in [2.05, 4.69) is 15.7 Å². The first-order chi connectivity index (χ1) is 14.3. The van der Waals surface area contributed by atoms with Gasteiger partial charge in [0.05, 0.1) is 13.1 Å². The van der Waals surface area contributed by atoms with E-state index in [9.17, 15) is 14.4 Å². The fourth-order valence-electron chi connectivity index (χ4n) is 3.47. The van der Waals surface area contributed by atoms with Crippen molar-refractivity contribution in [3.63, 3.8) is 0 Å². The van der Waals surface area contributed by atoms with Gasteiger partial charge in [-0.2, -0.15) is 5.10 Å². The van der Waals surface area contributed by atoms with Gasteiger partial charge in [-0.3, -0.25) is 14.4 Å². The van der Waals surface area contributed by atoms with Crippen LogP contribution in [-0.4, -0.2) is 35.0 Å². The molecule has 0 unspecified atom stereocenters. The maximum atomic E-state index is 12.5. The molecule has 0 fully saturated rings. The largest absolute Gasteiger partial charge is 0.342 e. The molecule has 1 aliphatic rings. The lowest BCUT2D eigenvalue weighted by Gasteiger charge is -2.23. The van der Waals surface area contributed by atoms with Gasteiger partial charge in [-0.15, -0.1) is 0 Å². The number of nitrogens with zero attached hydrogens (tertiary/aromatic N) is 2. The molecule has 3 rings (SSSR count). The summed E-state index contributed by atoms with van der Waals surface area (Å²) in [7, 11) is 0. The highest BCUT2D eigenvalue weighted by molar-refractivity contribution is 6.39. The molecule has 0 aliphatic carbocycles. The fourth-order valence-corrected chi connectivity index (χ4v) is 3.47. The maximum Gasteiger partial charge on any atom is 0.267 e. The van der Waals surface area contributed by atoms with Gasteiger partial charge in [-0.25, -0.2) is 5.01 Å². The van der Waals surface area contributed by atoms with E-state index in [1.165, 1.54) is 5.01 Å². The average Bonchev–Trinajstić information content (AvgIpc) is 2.71. The van der Waals surface area contributed by atoms with E-state index < -0.39 is 5.91 Å². The third kappa shape index (κ3) is 5.31. The number of aryl methyl sites for hydroxylation is 3. The number of benzene rings is 2. The summed E-state index contributed by atoms with van der Waals surface area (Å²) in [6.45, 7) is 6.01. The van der Waals surface area contributed by atoms with Crippen molar-refractivity contribution in [2.24, 2.45) is 5.10 Å². The Balaban J connectivity index is 1.59. The number of nitrogens with one attached hydrogen (secondary N) is 2. The molecule has 7 heteroatoms. The van der Waals surface area contributed by atoms with Crippen LogP contribution in [0.3, 0.4) is 0 Å². The van der Waals surface area contributed by atoms with Crippen LogP contribution in [0.25, 0.3) is 0 Å². The van der Waals surface area contributed by atoms with Gasteiger partial charge in [0.15, 0.2) is 0 Å². The van der Waals surface area contributed by atoms with Crippen LogP contribution in [0.15, 0.2) is 47.6 Å². The summed E-state index contributed by atoms with van der Waals surface area (Å²) < 4.78 is 0. The fraction of sp³-hybridized carbons (Fsp3) is 0.304. The summed E-state index contributed by atoms with van der Waals surface area (Å²) >= 11 is 0. The van der Waals surface area contributed by atoms with Crippen molar-refractivity contribution in [3.8, 4) is 0 Å². The van der Waals surface area contributed by atoms with Crippen molar-refractivity contribution in [1.82, 2.24) is 10.3 Å². The first kappa shape index (κ1) is 21.2. The molecule has 0 radical (unpaired) electrons. The Labute approximate surface area is 176 Å². The molecule has 2 aromatic carbocycles. The third-order valence-corrected chi connectivity index (χ3v) is 4.89. The number of anilines is 1. The molecule has 30 heavy (non-hydrogen) atoms. The Morgan fingerprint density at radius 2 is 1.70 bits per heavy atom. The number of rotatable bonds is 6. The number of carbonyl (C=O) groups excluding carboxylic acids is 3. The zero-order valence-electron chi connectivity index (χ0n) is 17.5. The van der Waals surface area contributed by atoms with Gasteiger partial charge < -0.3 is 10.6 Å². The van der Waals surface area contributed by atoms with Crippen LogP contribution >= 0.6 is 0 Å². The zero-order valence-corrected chi connectivity index (χ0v) is 17.5. The van der Waals surface area contributed by atoms with E-state index in [0.717, 1.165) is 27.9 Å². The van der Waals surface area contributed by atoms with E-state index in [1.807, 2.05) is 63.2 Å². The third-order valence-electron chi connectivity index (χ3n) is 4.89. The van der Waals surface area contributed by atoms with Crippen molar-refractivity contribution in [3.05, 3.63) is 64.7 Å². The normalized spacial score (nSPS) is 13.6. The zero-order chi connectivity index (χ0) is 21.7. The highest BCUT2D eigenvalue weighted by Crippen LogP contribution is 2.21. The lowest BCUT2D eigenvalue weighted by molar-refractivity contribution is -0.132. The summed E-state index contributed by atoms with van der Waals surface area (Å²) in [5, 5.41) is 11.0. The molecule has 156 valence electrons. The molecule has 1 aliphatic heterocycles. The first-order valence-corrected chi connectivity index (χ1v) is 9.91. The Morgan fingerprint density at radius 1 is 1.03 bits per heavy atom. The van der Waals surface area contributed by atoms with Crippen molar-refractivity contribution in [2.45, 2.75) is 40.2 Å². The molecule has 2 N–H and O–H groups in total.